The van der Waals surface area contributed by atoms with Crippen molar-refractivity contribution in [2.45, 2.75) is 27.7 Å². The van der Waals surface area contributed by atoms with Crippen LogP contribution in [-0.2, 0) is 0 Å². The minimum atomic E-state index is -0.375. The molecule has 7 heteroatoms. The lowest BCUT2D eigenvalue weighted by Crippen LogP contribution is -2.27. The molecule has 0 radical (unpaired) electrons. The van der Waals surface area contributed by atoms with Crippen molar-refractivity contribution in [1.82, 2.24) is 10.6 Å². The second kappa shape index (κ2) is 12.4. The number of halogens is 1. The fourth-order valence-corrected chi connectivity index (χ4v) is 5.01. The van der Waals surface area contributed by atoms with Crippen LogP contribution in [0.5, 0.6) is 0 Å². The van der Waals surface area contributed by atoms with E-state index in [0.717, 1.165) is 33.7 Å². The zero-order valence-corrected chi connectivity index (χ0v) is 24.9. The number of carbonyl (C=O) groups is 2. The molecule has 0 bridgehead atoms. The van der Waals surface area contributed by atoms with Crippen LogP contribution in [0.4, 0.5) is 10.1 Å². The lowest BCUT2D eigenvalue weighted by atomic mass is 9.92. The Kier molecular flexibility index (Phi) is 8.53. The van der Waals surface area contributed by atoms with Gasteiger partial charge in [0.25, 0.3) is 11.8 Å². The van der Waals surface area contributed by atoms with Gasteiger partial charge in [0, 0.05) is 41.4 Å². The number of rotatable bonds is 8. The first-order valence-corrected chi connectivity index (χ1v) is 14.2. The van der Waals surface area contributed by atoms with Crippen molar-refractivity contribution >= 4 is 34.2 Å². The second-order valence-electron chi connectivity index (χ2n) is 11.0. The van der Waals surface area contributed by atoms with E-state index in [0.29, 0.717) is 40.0 Å². The van der Waals surface area contributed by atoms with Crippen molar-refractivity contribution in [2.24, 2.45) is 10.9 Å². The van der Waals surface area contributed by atoms with Crippen molar-refractivity contribution in [3.63, 3.8) is 0 Å². The number of nitrogens with zero attached hydrogens (tertiary/aromatic N) is 1. The van der Waals surface area contributed by atoms with E-state index >= 15 is 0 Å². The fraction of sp³-hybridized carbons (Fsp3) is 0.194. The third-order valence-corrected chi connectivity index (χ3v) is 7.06. The van der Waals surface area contributed by atoms with Crippen molar-refractivity contribution in [3.8, 4) is 33.6 Å². The van der Waals surface area contributed by atoms with Gasteiger partial charge in [-0.25, -0.2) is 4.39 Å². The molecule has 1 aromatic heterocycles. The summed E-state index contributed by atoms with van der Waals surface area (Å²) in [6.45, 7) is 8.53. The molecule has 43 heavy (non-hydrogen) atoms. The maximum absolute atomic E-state index is 13.6. The quantitative estimate of drug-likeness (QED) is 0.182. The van der Waals surface area contributed by atoms with Gasteiger partial charge in [-0.1, -0.05) is 50.2 Å². The van der Waals surface area contributed by atoms with Gasteiger partial charge in [0.1, 0.15) is 17.2 Å². The highest BCUT2D eigenvalue weighted by Gasteiger charge is 2.23. The summed E-state index contributed by atoms with van der Waals surface area (Å²) in [5.74, 6) is -0.218. The van der Waals surface area contributed by atoms with Crippen LogP contribution in [-0.4, -0.2) is 31.1 Å². The third-order valence-electron chi connectivity index (χ3n) is 7.06. The maximum Gasteiger partial charge on any atom is 0.255 e. The Balaban J connectivity index is 1.67. The highest BCUT2D eigenvalue weighted by Crippen LogP contribution is 2.38. The van der Waals surface area contributed by atoms with E-state index in [4.69, 9.17) is 9.41 Å². The Hall–Kier alpha value is -5.04. The molecular formula is C36H34FN3O3. The number of aliphatic imine (C=N–C) groups is 1. The molecule has 5 rings (SSSR count). The van der Waals surface area contributed by atoms with E-state index in [2.05, 4.69) is 24.5 Å². The maximum atomic E-state index is 13.6. The van der Waals surface area contributed by atoms with Crippen LogP contribution in [0.15, 0.2) is 94.3 Å². The van der Waals surface area contributed by atoms with Gasteiger partial charge >= 0.3 is 0 Å². The van der Waals surface area contributed by atoms with E-state index in [9.17, 15) is 14.0 Å². The van der Waals surface area contributed by atoms with E-state index in [-0.39, 0.29) is 23.5 Å². The number of benzene rings is 4. The predicted molar refractivity (Wildman–Crippen MR) is 171 cm³/mol. The Morgan fingerprint density at radius 3 is 2.21 bits per heavy atom. The van der Waals surface area contributed by atoms with Gasteiger partial charge < -0.3 is 15.1 Å². The first-order chi connectivity index (χ1) is 20.7. The zero-order chi connectivity index (χ0) is 30.7. The summed E-state index contributed by atoms with van der Waals surface area (Å²) in [5, 5.41) is 6.37. The first-order valence-electron chi connectivity index (χ1n) is 14.2. The minimum Gasteiger partial charge on any atom is -0.455 e. The van der Waals surface area contributed by atoms with Crippen molar-refractivity contribution < 1.29 is 18.4 Å². The summed E-state index contributed by atoms with van der Waals surface area (Å²) in [6.07, 6.45) is 0. The van der Waals surface area contributed by atoms with Gasteiger partial charge in [-0.3, -0.25) is 14.6 Å². The third kappa shape index (κ3) is 6.26. The Labute approximate surface area is 250 Å². The summed E-state index contributed by atoms with van der Waals surface area (Å²) in [5.41, 5.74) is 6.96. The molecule has 0 saturated carbocycles. The monoisotopic (exact) mass is 575 g/mol. The van der Waals surface area contributed by atoms with Gasteiger partial charge in [-0.15, -0.1) is 0 Å². The minimum absolute atomic E-state index is 0.174. The number of hydrogen-bond donors (Lipinski definition) is 2. The summed E-state index contributed by atoms with van der Waals surface area (Å²) >= 11 is 0. The number of furan rings is 1. The molecule has 218 valence electrons. The summed E-state index contributed by atoms with van der Waals surface area (Å²) in [6, 6.07) is 25.0. The number of amides is 2. The van der Waals surface area contributed by atoms with E-state index < -0.39 is 0 Å². The Morgan fingerprint density at radius 2 is 1.51 bits per heavy atom. The number of hydrogen-bond acceptors (Lipinski definition) is 4. The molecular weight excluding hydrogens is 541 g/mol. The SMILES string of the molecule is CNC(=O)c1c(-c2ccc(F)cc2)oc2ccc(-c3ccc(-c4ccccc4N=C(C)C)c(C(=O)NCC(C)C)c3)cc12. The van der Waals surface area contributed by atoms with Crippen LogP contribution in [0.25, 0.3) is 44.5 Å². The summed E-state index contributed by atoms with van der Waals surface area (Å²) < 4.78 is 19.7. The summed E-state index contributed by atoms with van der Waals surface area (Å²) in [4.78, 5) is 31.4. The smallest absolute Gasteiger partial charge is 0.255 e. The Morgan fingerprint density at radius 1 is 0.837 bits per heavy atom. The predicted octanol–water partition coefficient (Wildman–Crippen LogP) is 8.43. The Bertz CT molecular complexity index is 1850. The average molecular weight is 576 g/mol. The summed E-state index contributed by atoms with van der Waals surface area (Å²) in [7, 11) is 1.56. The van der Waals surface area contributed by atoms with E-state index in [1.807, 2.05) is 74.5 Å². The standard InChI is InChI=1S/C36H34FN3O3/c1-21(2)20-39-35(41)29-18-24(12-16-27(29)28-8-6-7-9-31(28)40-22(3)4)25-13-17-32-30(19-25)33(36(42)38-5)34(43-32)23-10-14-26(37)15-11-23/h6-19,21H,20H2,1-5H3,(H,38,42)(H,39,41). The lowest BCUT2D eigenvalue weighted by molar-refractivity contribution is 0.0946. The van der Waals surface area contributed by atoms with Crippen LogP contribution >= 0.6 is 0 Å². The average Bonchev–Trinajstić information content (AvgIpc) is 3.38. The molecule has 4 aromatic carbocycles. The topological polar surface area (TPSA) is 83.7 Å². The molecule has 1 heterocycles. The molecule has 0 aliphatic heterocycles. The van der Waals surface area contributed by atoms with Crippen LogP contribution < -0.4 is 10.6 Å². The number of para-hydroxylation sites is 1. The normalized spacial score (nSPS) is 11.0. The highest BCUT2D eigenvalue weighted by molar-refractivity contribution is 6.12. The number of carbonyl (C=O) groups excluding carboxylic acids is 2. The molecule has 2 amide bonds. The molecule has 0 unspecified atom stereocenters. The number of nitrogens with one attached hydrogen (secondary N) is 2. The second-order valence-corrected chi connectivity index (χ2v) is 11.0. The van der Waals surface area contributed by atoms with Crippen LogP contribution in [0.3, 0.4) is 0 Å². The van der Waals surface area contributed by atoms with Crippen molar-refractivity contribution in [2.75, 3.05) is 13.6 Å². The first kappa shape index (κ1) is 29.5. The van der Waals surface area contributed by atoms with E-state index in [1.54, 1.807) is 19.2 Å². The van der Waals surface area contributed by atoms with Crippen LogP contribution in [0.1, 0.15) is 48.4 Å². The molecule has 5 aromatic rings. The zero-order valence-electron chi connectivity index (χ0n) is 24.9. The molecule has 0 fully saturated rings. The van der Waals surface area contributed by atoms with Crippen LogP contribution in [0.2, 0.25) is 0 Å². The molecule has 0 spiro atoms. The highest BCUT2D eigenvalue weighted by atomic mass is 19.1. The lowest BCUT2D eigenvalue weighted by Gasteiger charge is -2.15. The molecule has 0 saturated heterocycles. The number of fused-ring (bicyclic) bond motifs is 1. The van der Waals surface area contributed by atoms with Crippen molar-refractivity contribution in [3.05, 3.63) is 102 Å². The fourth-order valence-electron chi connectivity index (χ4n) is 5.01. The molecule has 0 aliphatic carbocycles. The van der Waals surface area contributed by atoms with Gasteiger partial charge in [0.15, 0.2) is 0 Å². The molecule has 0 atom stereocenters. The van der Waals surface area contributed by atoms with E-state index in [1.165, 1.54) is 12.1 Å². The largest absolute Gasteiger partial charge is 0.455 e. The van der Waals surface area contributed by atoms with Gasteiger partial charge in [0.05, 0.1) is 11.3 Å². The molecule has 2 N–H and O–H groups in total. The van der Waals surface area contributed by atoms with Crippen LogP contribution in [0, 0.1) is 11.7 Å². The van der Waals surface area contributed by atoms with Crippen molar-refractivity contribution in [1.29, 1.82) is 0 Å². The molecule has 6 nitrogen and oxygen atoms in total. The van der Waals surface area contributed by atoms with Gasteiger partial charge in [-0.05, 0) is 85.0 Å². The molecule has 0 aliphatic rings. The van der Waals surface area contributed by atoms with Gasteiger partial charge in [-0.2, -0.15) is 0 Å². The van der Waals surface area contributed by atoms with Gasteiger partial charge in [0.2, 0.25) is 0 Å².